The summed E-state index contributed by atoms with van der Waals surface area (Å²) >= 11 is 6.10. The molecule has 0 bridgehead atoms. The van der Waals surface area contributed by atoms with Crippen LogP contribution in [-0.4, -0.2) is 6.04 Å². The molecule has 2 nitrogen and oxygen atoms in total. The van der Waals surface area contributed by atoms with E-state index in [1.807, 2.05) is 18.2 Å². The van der Waals surface area contributed by atoms with Gasteiger partial charge < -0.3 is 0 Å². The third-order valence-electron chi connectivity index (χ3n) is 4.79. The van der Waals surface area contributed by atoms with E-state index in [2.05, 4.69) is 41.8 Å². The van der Waals surface area contributed by atoms with Gasteiger partial charge >= 0.3 is 0 Å². The van der Waals surface area contributed by atoms with Gasteiger partial charge in [0.1, 0.15) is 0 Å². The van der Waals surface area contributed by atoms with Gasteiger partial charge in [-0.25, -0.2) is 0 Å². The van der Waals surface area contributed by atoms with Crippen molar-refractivity contribution in [3.63, 3.8) is 0 Å². The van der Waals surface area contributed by atoms with Gasteiger partial charge in [0.2, 0.25) is 0 Å². The maximum Gasteiger partial charge on any atom is 0.0408 e. The summed E-state index contributed by atoms with van der Waals surface area (Å²) in [6, 6.07) is 19.0. The Morgan fingerprint density at radius 1 is 1.10 bits per heavy atom. The fraction of sp³-hybridized carbons (Fsp3) is 0.333. The molecule has 1 saturated carbocycles. The van der Waals surface area contributed by atoms with Crippen LogP contribution in [0, 0.1) is 0 Å². The Hall–Kier alpha value is -1.35. The second-order valence-corrected chi connectivity index (χ2v) is 6.37. The number of hydrogen-bond acceptors (Lipinski definition) is 2. The lowest BCUT2D eigenvalue weighted by molar-refractivity contribution is 0.168. The van der Waals surface area contributed by atoms with E-state index in [0.717, 1.165) is 11.4 Å². The number of hydrazine groups is 1. The Balaban J connectivity index is 1.87. The summed E-state index contributed by atoms with van der Waals surface area (Å²) in [5.41, 5.74) is 5.84. The molecule has 1 atom stereocenters. The van der Waals surface area contributed by atoms with E-state index in [-0.39, 0.29) is 11.5 Å². The minimum absolute atomic E-state index is 0.151. The molecule has 2 aromatic rings. The summed E-state index contributed by atoms with van der Waals surface area (Å²) in [6.07, 6.45) is 4.54. The Bertz CT molecular complexity index is 593. The molecule has 1 aliphatic carbocycles. The fourth-order valence-electron chi connectivity index (χ4n) is 3.48. The zero-order valence-electron chi connectivity index (χ0n) is 12.1. The van der Waals surface area contributed by atoms with Crippen LogP contribution < -0.4 is 11.3 Å². The van der Waals surface area contributed by atoms with Crippen molar-refractivity contribution in [2.45, 2.75) is 37.1 Å². The molecule has 1 fully saturated rings. The number of nitrogens with two attached hydrogens (primary N) is 1. The average molecular weight is 301 g/mol. The van der Waals surface area contributed by atoms with Crippen molar-refractivity contribution >= 4 is 11.6 Å². The predicted octanol–water partition coefficient (Wildman–Crippen LogP) is 3.84. The van der Waals surface area contributed by atoms with Gasteiger partial charge in [-0.15, -0.1) is 0 Å². The van der Waals surface area contributed by atoms with Crippen molar-refractivity contribution in [3.05, 3.63) is 70.7 Å². The molecule has 3 heteroatoms. The van der Waals surface area contributed by atoms with Crippen molar-refractivity contribution in [1.82, 2.24) is 5.43 Å². The number of nitrogens with one attached hydrogen (secondary N) is 1. The predicted molar refractivity (Wildman–Crippen MR) is 88.2 cm³/mol. The third kappa shape index (κ3) is 2.84. The Morgan fingerprint density at radius 2 is 1.86 bits per heavy atom. The van der Waals surface area contributed by atoms with Crippen molar-refractivity contribution in [1.29, 1.82) is 0 Å². The smallest absolute Gasteiger partial charge is 0.0408 e. The van der Waals surface area contributed by atoms with E-state index in [4.69, 9.17) is 17.4 Å². The first-order chi connectivity index (χ1) is 10.2. The standard InChI is InChI=1S/C18H21ClN2/c19-16-9-4-6-14(12-16)13-17(21-20)18(10-5-11-18)15-7-2-1-3-8-15/h1-4,6-9,12,17,21H,5,10-11,13,20H2. The second-order valence-electron chi connectivity index (χ2n) is 5.93. The zero-order chi connectivity index (χ0) is 14.7. The fourth-order valence-corrected chi connectivity index (χ4v) is 3.69. The molecule has 0 heterocycles. The number of benzene rings is 2. The van der Waals surface area contributed by atoms with Gasteiger partial charge in [-0.3, -0.25) is 11.3 Å². The van der Waals surface area contributed by atoms with Crippen LogP contribution in [-0.2, 0) is 11.8 Å². The molecule has 21 heavy (non-hydrogen) atoms. The van der Waals surface area contributed by atoms with Crippen LogP contribution in [0.25, 0.3) is 0 Å². The molecule has 3 N–H and O–H groups in total. The maximum atomic E-state index is 6.10. The summed E-state index contributed by atoms with van der Waals surface area (Å²) in [7, 11) is 0. The largest absolute Gasteiger partial charge is 0.271 e. The molecule has 0 spiro atoms. The van der Waals surface area contributed by atoms with Gasteiger partial charge in [0.05, 0.1) is 0 Å². The lowest BCUT2D eigenvalue weighted by Crippen LogP contribution is -2.56. The monoisotopic (exact) mass is 300 g/mol. The lowest BCUT2D eigenvalue weighted by atomic mass is 9.59. The highest BCUT2D eigenvalue weighted by Crippen LogP contribution is 2.47. The van der Waals surface area contributed by atoms with Crippen LogP contribution in [0.15, 0.2) is 54.6 Å². The van der Waals surface area contributed by atoms with Gasteiger partial charge in [0, 0.05) is 16.5 Å². The molecule has 0 aliphatic heterocycles. The number of halogens is 1. The quantitative estimate of drug-likeness (QED) is 0.650. The molecular weight excluding hydrogens is 280 g/mol. The Kier molecular flexibility index (Phi) is 4.29. The molecule has 110 valence electrons. The van der Waals surface area contributed by atoms with E-state index in [1.165, 1.54) is 30.4 Å². The van der Waals surface area contributed by atoms with Gasteiger partial charge in [-0.2, -0.15) is 0 Å². The van der Waals surface area contributed by atoms with Gasteiger partial charge in [0.15, 0.2) is 0 Å². The van der Waals surface area contributed by atoms with Crippen LogP contribution >= 0.6 is 11.6 Å². The topological polar surface area (TPSA) is 38.0 Å². The molecule has 0 aromatic heterocycles. The van der Waals surface area contributed by atoms with Crippen LogP contribution in [0.2, 0.25) is 5.02 Å². The molecule has 0 radical (unpaired) electrons. The number of rotatable bonds is 5. The lowest BCUT2D eigenvalue weighted by Gasteiger charge is -2.48. The molecular formula is C18H21ClN2. The van der Waals surface area contributed by atoms with E-state index in [0.29, 0.717) is 0 Å². The minimum Gasteiger partial charge on any atom is -0.271 e. The van der Waals surface area contributed by atoms with E-state index in [9.17, 15) is 0 Å². The van der Waals surface area contributed by atoms with Crippen molar-refractivity contribution < 1.29 is 0 Å². The van der Waals surface area contributed by atoms with E-state index >= 15 is 0 Å². The van der Waals surface area contributed by atoms with Crippen LogP contribution in [0.3, 0.4) is 0 Å². The highest BCUT2D eigenvalue weighted by molar-refractivity contribution is 6.30. The van der Waals surface area contributed by atoms with E-state index < -0.39 is 0 Å². The SMILES string of the molecule is NNC(Cc1cccc(Cl)c1)C1(c2ccccc2)CCC1. The average Bonchev–Trinajstić information content (AvgIpc) is 2.46. The molecule has 0 saturated heterocycles. The van der Waals surface area contributed by atoms with Gasteiger partial charge in [0.25, 0.3) is 0 Å². The summed E-state index contributed by atoms with van der Waals surface area (Å²) in [6.45, 7) is 0. The highest BCUT2D eigenvalue weighted by atomic mass is 35.5. The van der Waals surface area contributed by atoms with Crippen LogP contribution in [0.5, 0.6) is 0 Å². The molecule has 0 amide bonds. The Morgan fingerprint density at radius 3 is 2.43 bits per heavy atom. The third-order valence-corrected chi connectivity index (χ3v) is 5.03. The molecule has 1 unspecified atom stereocenters. The van der Waals surface area contributed by atoms with Gasteiger partial charge in [-0.1, -0.05) is 60.5 Å². The first kappa shape index (κ1) is 14.6. The normalized spacial score (nSPS) is 18.0. The minimum atomic E-state index is 0.151. The number of hydrogen-bond donors (Lipinski definition) is 2. The molecule has 1 aliphatic rings. The van der Waals surface area contributed by atoms with E-state index in [1.54, 1.807) is 0 Å². The first-order valence-corrected chi connectivity index (χ1v) is 7.88. The van der Waals surface area contributed by atoms with Crippen molar-refractivity contribution in [2.75, 3.05) is 0 Å². The summed E-state index contributed by atoms with van der Waals surface area (Å²) in [4.78, 5) is 0. The Labute approximate surface area is 131 Å². The van der Waals surface area contributed by atoms with Crippen molar-refractivity contribution in [2.24, 2.45) is 5.84 Å². The summed E-state index contributed by atoms with van der Waals surface area (Å²) < 4.78 is 0. The molecule has 2 aromatic carbocycles. The molecule has 3 rings (SSSR count). The zero-order valence-corrected chi connectivity index (χ0v) is 12.8. The summed E-state index contributed by atoms with van der Waals surface area (Å²) in [5.74, 6) is 5.91. The van der Waals surface area contributed by atoms with Crippen LogP contribution in [0.1, 0.15) is 30.4 Å². The highest BCUT2D eigenvalue weighted by Gasteiger charge is 2.44. The summed E-state index contributed by atoms with van der Waals surface area (Å²) in [5, 5.41) is 0.783. The first-order valence-electron chi connectivity index (χ1n) is 7.51. The second kappa shape index (κ2) is 6.18. The van der Waals surface area contributed by atoms with Gasteiger partial charge in [-0.05, 0) is 42.5 Å². The van der Waals surface area contributed by atoms with Crippen LogP contribution in [0.4, 0.5) is 0 Å². The van der Waals surface area contributed by atoms with Crippen molar-refractivity contribution in [3.8, 4) is 0 Å². The maximum absolute atomic E-state index is 6.10.